The number of rotatable bonds is 1. The van der Waals surface area contributed by atoms with Gasteiger partial charge in [-0.15, -0.1) is 0 Å². The van der Waals surface area contributed by atoms with E-state index in [-0.39, 0.29) is 5.54 Å². The van der Waals surface area contributed by atoms with Crippen molar-refractivity contribution in [2.75, 3.05) is 18.4 Å². The summed E-state index contributed by atoms with van der Waals surface area (Å²) >= 11 is 1.78. The average Bonchev–Trinajstić information content (AvgIpc) is 3.07. The maximum absolute atomic E-state index is 12.7. The molecule has 0 aromatic carbocycles. The van der Waals surface area contributed by atoms with Crippen molar-refractivity contribution in [3.8, 4) is 0 Å². The Hall–Kier alpha value is -1.50. The van der Waals surface area contributed by atoms with Crippen molar-refractivity contribution in [3.63, 3.8) is 0 Å². The van der Waals surface area contributed by atoms with Crippen molar-refractivity contribution in [2.45, 2.75) is 58.1 Å². The summed E-state index contributed by atoms with van der Waals surface area (Å²) in [6.07, 6.45) is 1.10. The van der Waals surface area contributed by atoms with Crippen molar-refractivity contribution in [1.82, 2.24) is 14.7 Å². The first-order valence-electron chi connectivity index (χ1n) is 8.96. The molecule has 7 heteroatoms. The second kappa shape index (κ2) is 6.67. The zero-order valence-corrected chi connectivity index (χ0v) is 16.6. The second-order valence-electron chi connectivity index (χ2n) is 8.46. The van der Waals surface area contributed by atoms with Gasteiger partial charge in [-0.2, -0.15) is 16.9 Å². The lowest BCUT2D eigenvalue weighted by Crippen LogP contribution is -2.47. The third kappa shape index (κ3) is 3.71. The molecule has 6 nitrogen and oxygen atoms in total. The van der Waals surface area contributed by atoms with E-state index in [2.05, 4.69) is 24.3 Å². The van der Waals surface area contributed by atoms with Crippen LogP contribution in [0.3, 0.4) is 0 Å². The first kappa shape index (κ1) is 18.3. The maximum Gasteiger partial charge on any atom is 0.315 e. The number of hydrogen-bond donors (Lipinski definition) is 1. The quantitative estimate of drug-likeness (QED) is 0.778. The molecule has 0 saturated carbocycles. The fourth-order valence-corrected chi connectivity index (χ4v) is 4.80. The Morgan fingerprint density at radius 3 is 2.40 bits per heavy atom. The predicted octanol–water partition coefficient (Wildman–Crippen LogP) is 2.83. The van der Waals surface area contributed by atoms with Crippen molar-refractivity contribution >= 4 is 29.4 Å². The lowest BCUT2D eigenvalue weighted by Gasteiger charge is -2.34. The Morgan fingerprint density at radius 1 is 1.16 bits per heavy atom. The van der Waals surface area contributed by atoms with Crippen molar-refractivity contribution in [3.05, 3.63) is 11.3 Å². The van der Waals surface area contributed by atoms with E-state index in [1.54, 1.807) is 16.7 Å². The molecule has 1 fully saturated rings. The molecular formula is C18H28N4O2S. The molecule has 0 bridgehead atoms. The molecule has 25 heavy (non-hydrogen) atoms. The van der Waals surface area contributed by atoms with E-state index in [4.69, 9.17) is 0 Å². The zero-order valence-electron chi connectivity index (χ0n) is 15.8. The van der Waals surface area contributed by atoms with Gasteiger partial charge >= 0.3 is 11.8 Å². The Bertz CT molecular complexity index is 682. The van der Waals surface area contributed by atoms with E-state index >= 15 is 0 Å². The van der Waals surface area contributed by atoms with E-state index in [0.717, 1.165) is 29.2 Å². The number of carbonyl (C=O) groups is 2. The number of fused-ring (bicyclic) bond motifs is 1. The lowest BCUT2D eigenvalue weighted by molar-refractivity contribution is -0.145. The number of likely N-dealkylation sites (tertiary alicyclic amines) is 1. The number of nitrogens with zero attached hydrogens (tertiary/aromatic N) is 3. The van der Waals surface area contributed by atoms with Gasteiger partial charge in [-0.1, -0.05) is 13.8 Å². The largest absolute Gasteiger partial charge is 0.334 e. The summed E-state index contributed by atoms with van der Waals surface area (Å²) in [4.78, 5) is 27.0. The van der Waals surface area contributed by atoms with Crippen LogP contribution in [-0.4, -0.2) is 39.6 Å². The molecule has 1 aromatic heterocycles. The highest BCUT2D eigenvalue weighted by molar-refractivity contribution is 7.98. The Kier molecular flexibility index (Phi) is 4.88. The molecule has 2 atom stereocenters. The van der Waals surface area contributed by atoms with Crippen LogP contribution >= 0.6 is 11.8 Å². The first-order chi connectivity index (χ1) is 11.7. The minimum absolute atomic E-state index is 0.255. The van der Waals surface area contributed by atoms with Crippen LogP contribution in [0.25, 0.3) is 0 Å². The van der Waals surface area contributed by atoms with Crippen LogP contribution in [0.1, 0.15) is 52.3 Å². The van der Waals surface area contributed by atoms with Crippen molar-refractivity contribution < 1.29 is 9.59 Å². The van der Waals surface area contributed by atoms with Gasteiger partial charge < -0.3 is 10.2 Å². The molecular weight excluding hydrogens is 336 g/mol. The maximum atomic E-state index is 12.7. The van der Waals surface area contributed by atoms with E-state index in [9.17, 15) is 9.59 Å². The van der Waals surface area contributed by atoms with Crippen molar-refractivity contribution in [1.29, 1.82) is 0 Å². The van der Waals surface area contributed by atoms with E-state index < -0.39 is 11.8 Å². The van der Waals surface area contributed by atoms with Gasteiger partial charge in [0.1, 0.15) is 5.82 Å². The highest BCUT2D eigenvalue weighted by Gasteiger charge is 2.33. The fraction of sp³-hybridized carbons (Fsp3) is 0.722. The highest BCUT2D eigenvalue weighted by atomic mass is 32.2. The van der Waals surface area contributed by atoms with Crippen LogP contribution in [0.5, 0.6) is 0 Å². The van der Waals surface area contributed by atoms with Crippen LogP contribution in [0.2, 0.25) is 0 Å². The standard InChI is InChI=1S/C18H28N4O2S/c1-11-6-12(2)8-21(7-11)17(24)16(23)19-15-13-9-25-10-14(13)20-22(15)18(3,4)5/h11-12H,6-10H2,1-5H3,(H,19,23)/t11-,12+. The molecule has 1 N–H and O–H groups in total. The SMILES string of the molecule is C[C@@H]1C[C@H](C)CN(C(=O)C(=O)Nc2c3c(nn2C(C)(C)C)CSC3)C1. The number of nitrogens with one attached hydrogen (secondary N) is 1. The minimum Gasteiger partial charge on any atom is -0.334 e. The molecule has 0 unspecified atom stereocenters. The topological polar surface area (TPSA) is 67.2 Å². The van der Waals surface area contributed by atoms with Crippen LogP contribution in [0, 0.1) is 11.8 Å². The van der Waals surface area contributed by atoms with Crippen molar-refractivity contribution in [2.24, 2.45) is 11.8 Å². The van der Waals surface area contributed by atoms with E-state index in [0.29, 0.717) is 30.7 Å². The molecule has 0 aliphatic carbocycles. The molecule has 2 aliphatic rings. The third-order valence-corrected chi connectivity index (χ3v) is 5.74. The number of hydrogen-bond acceptors (Lipinski definition) is 4. The number of anilines is 1. The molecule has 0 spiro atoms. The number of aromatic nitrogens is 2. The summed E-state index contributed by atoms with van der Waals surface area (Å²) in [7, 11) is 0. The molecule has 1 aromatic rings. The molecule has 3 heterocycles. The average molecular weight is 365 g/mol. The van der Waals surface area contributed by atoms with Gasteiger partial charge in [-0.05, 0) is 39.0 Å². The Balaban J connectivity index is 1.80. The summed E-state index contributed by atoms with van der Waals surface area (Å²) in [5.41, 5.74) is 1.82. The molecule has 0 radical (unpaired) electrons. The number of piperidine rings is 1. The fourth-order valence-electron chi connectivity index (χ4n) is 3.76. The van der Waals surface area contributed by atoms with Crippen LogP contribution in [-0.2, 0) is 26.6 Å². The molecule has 3 rings (SSSR count). The highest BCUT2D eigenvalue weighted by Crippen LogP contribution is 2.37. The molecule has 138 valence electrons. The van der Waals surface area contributed by atoms with Gasteiger partial charge in [-0.3, -0.25) is 9.59 Å². The van der Waals surface area contributed by atoms with E-state index in [1.165, 1.54) is 0 Å². The smallest absolute Gasteiger partial charge is 0.315 e. The molecule has 2 amide bonds. The van der Waals surface area contributed by atoms with Gasteiger partial charge in [-0.25, -0.2) is 4.68 Å². The van der Waals surface area contributed by atoms with Gasteiger partial charge in [0.2, 0.25) is 0 Å². The summed E-state index contributed by atoms with van der Waals surface area (Å²) in [6, 6.07) is 0. The van der Waals surface area contributed by atoms with Crippen LogP contribution in [0.4, 0.5) is 5.82 Å². The summed E-state index contributed by atoms with van der Waals surface area (Å²) in [5.74, 6) is 2.25. The molecule has 1 saturated heterocycles. The monoisotopic (exact) mass is 364 g/mol. The zero-order chi connectivity index (χ0) is 18.4. The summed E-state index contributed by atoms with van der Waals surface area (Å²) < 4.78 is 1.85. The first-order valence-corrected chi connectivity index (χ1v) is 10.1. The third-order valence-electron chi connectivity index (χ3n) is 4.77. The summed E-state index contributed by atoms with van der Waals surface area (Å²) in [6.45, 7) is 11.7. The number of thioether (sulfide) groups is 1. The molecule has 2 aliphatic heterocycles. The van der Waals surface area contributed by atoms with Gasteiger partial charge in [0.05, 0.1) is 11.2 Å². The van der Waals surface area contributed by atoms with Crippen LogP contribution < -0.4 is 5.32 Å². The lowest BCUT2D eigenvalue weighted by atomic mass is 9.92. The van der Waals surface area contributed by atoms with Gasteiger partial charge in [0.15, 0.2) is 0 Å². The normalized spacial score (nSPS) is 23.5. The van der Waals surface area contributed by atoms with Gasteiger partial charge in [0.25, 0.3) is 0 Å². The Morgan fingerprint density at radius 2 is 1.80 bits per heavy atom. The number of amides is 2. The van der Waals surface area contributed by atoms with E-state index in [1.807, 2.05) is 25.5 Å². The summed E-state index contributed by atoms with van der Waals surface area (Å²) in [5, 5.41) is 7.55. The number of carbonyl (C=O) groups excluding carboxylic acids is 2. The van der Waals surface area contributed by atoms with Gasteiger partial charge in [0, 0.05) is 30.2 Å². The Labute approximate surface area is 153 Å². The predicted molar refractivity (Wildman–Crippen MR) is 100 cm³/mol. The van der Waals surface area contributed by atoms with Crippen LogP contribution in [0.15, 0.2) is 0 Å². The second-order valence-corrected chi connectivity index (χ2v) is 9.45. The minimum atomic E-state index is -0.550.